The summed E-state index contributed by atoms with van der Waals surface area (Å²) in [5.74, 6) is -2.43. The van der Waals surface area contributed by atoms with E-state index in [-0.39, 0.29) is 25.0 Å². The quantitative estimate of drug-likeness (QED) is 0.219. The largest absolute Gasteiger partial charge is 0.465 e. The maximum atomic E-state index is 14.0. The number of rotatable bonds is 11. The van der Waals surface area contributed by atoms with E-state index < -0.39 is 29.0 Å². The standard InChI is InChI=1S/C24H33F4NO3/c1-2-3-4-5-6-7-8-9-16-32-23(31)18-12-14-29(15-13-18)22(30)20-17-19(24(26,27)28)10-11-21(20)25/h10-11,17-18H,2-9,12-16H2,1H3. The zero-order valence-corrected chi connectivity index (χ0v) is 18.7. The molecule has 1 fully saturated rings. The third-order valence-electron chi connectivity index (χ3n) is 5.88. The molecule has 0 aliphatic carbocycles. The summed E-state index contributed by atoms with van der Waals surface area (Å²) in [7, 11) is 0. The Bertz CT molecular complexity index is 743. The summed E-state index contributed by atoms with van der Waals surface area (Å²) < 4.78 is 58.0. The van der Waals surface area contributed by atoms with Crippen molar-refractivity contribution in [1.29, 1.82) is 0 Å². The summed E-state index contributed by atoms with van der Waals surface area (Å²) in [5, 5.41) is 0. The highest BCUT2D eigenvalue weighted by atomic mass is 19.4. The molecule has 2 rings (SSSR count). The topological polar surface area (TPSA) is 46.6 Å². The molecule has 0 bridgehead atoms. The lowest BCUT2D eigenvalue weighted by molar-refractivity contribution is -0.150. The molecule has 0 spiro atoms. The van der Waals surface area contributed by atoms with Crippen LogP contribution in [0, 0.1) is 11.7 Å². The molecule has 1 aromatic rings. The van der Waals surface area contributed by atoms with Crippen molar-refractivity contribution in [2.75, 3.05) is 19.7 Å². The van der Waals surface area contributed by atoms with Crippen molar-refractivity contribution in [2.24, 2.45) is 5.92 Å². The van der Waals surface area contributed by atoms with Crippen molar-refractivity contribution < 1.29 is 31.9 Å². The van der Waals surface area contributed by atoms with Crippen LogP contribution in [0.15, 0.2) is 18.2 Å². The van der Waals surface area contributed by atoms with Crippen LogP contribution in [0.5, 0.6) is 0 Å². The number of halogens is 4. The highest BCUT2D eigenvalue weighted by molar-refractivity contribution is 5.95. The lowest BCUT2D eigenvalue weighted by Gasteiger charge is -2.31. The number of carbonyl (C=O) groups excluding carboxylic acids is 2. The third kappa shape index (κ3) is 8.10. The maximum absolute atomic E-state index is 14.0. The number of likely N-dealkylation sites (tertiary alicyclic amines) is 1. The van der Waals surface area contributed by atoms with E-state index in [1.165, 1.54) is 37.0 Å². The predicted octanol–water partition coefficient (Wildman–Crippen LogP) is 6.38. The molecule has 1 saturated heterocycles. The van der Waals surface area contributed by atoms with Gasteiger partial charge in [-0.15, -0.1) is 0 Å². The summed E-state index contributed by atoms with van der Waals surface area (Å²) >= 11 is 0. The van der Waals surface area contributed by atoms with Crippen molar-refractivity contribution >= 4 is 11.9 Å². The summed E-state index contributed by atoms with van der Waals surface area (Å²) in [5.41, 5.74) is -1.67. The van der Waals surface area contributed by atoms with Crippen LogP contribution in [0.1, 0.15) is 87.1 Å². The molecule has 1 aliphatic heterocycles. The van der Waals surface area contributed by atoms with Gasteiger partial charge in [0, 0.05) is 13.1 Å². The fourth-order valence-corrected chi connectivity index (χ4v) is 3.88. The molecule has 0 atom stereocenters. The average Bonchev–Trinajstić information content (AvgIpc) is 2.77. The third-order valence-corrected chi connectivity index (χ3v) is 5.88. The lowest BCUT2D eigenvalue weighted by atomic mass is 9.96. The minimum Gasteiger partial charge on any atom is -0.465 e. The summed E-state index contributed by atoms with van der Waals surface area (Å²) in [6.07, 6.45) is 5.24. The van der Waals surface area contributed by atoms with Crippen molar-refractivity contribution in [1.82, 2.24) is 4.90 Å². The fourth-order valence-electron chi connectivity index (χ4n) is 3.88. The molecule has 4 nitrogen and oxygen atoms in total. The monoisotopic (exact) mass is 459 g/mol. The number of carbonyl (C=O) groups is 2. The van der Waals surface area contributed by atoms with Gasteiger partial charge in [-0.1, -0.05) is 51.9 Å². The van der Waals surface area contributed by atoms with E-state index in [9.17, 15) is 27.2 Å². The predicted molar refractivity (Wildman–Crippen MR) is 114 cm³/mol. The van der Waals surface area contributed by atoms with Crippen LogP contribution in [0.25, 0.3) is 0 Å². The normalized spacial score (nSPS) is 15.1. The number of amides is 1. The Hall–Kier alpha value is -2.12. The second-order valence-corrected chi connectivity index (χ2v) is 8.40. The van der Waals surface area contributed by atoms with E-state index in [1.807, 2.05) is 0 Å². The Morgan fingerprint density at radius 2 is 1.59 bits per heavy atom. The van der Waals surface area contributed by atoms with Crippen LogP contribution in [0.4, 0.5) is 17.6 Å². The van der Waals surface area contributed by atoms with E-state index in [1.54, 1.807) is 0 Å². The Morgan fingerprint density at radius 3 is 2.19 bits per heavy atom. The van der Waals surface area contributed by atoms with Gasteiger partial charge in [0.15, 0.2) is 0 Å². The molecule has 0 unspecified atom stereocenters. The summed E-state index contributed by atoms with van der Waals surface area (Å²) in [6.45, 7) is 2.91. The van der Waals surface area contributed by atoms with Gasteiger partial charge in [-0.3, -0.25) is 9.59 Å². The Kier molecular flexibility index (Phi) is 10.5. The SMILES string of the molecule is CCCCCCCCCCOC(=O)C1CCN(C(=O)c2cc(C(F)(F)F)ccc2F)CC1. The molecule has 0 aromatic heterocycles. The van der Waals surface area contributed by atoms with Gasteiger partial charge in [0.2, 0.25) is 0 Å². The first-order valence-electron chi connectivity index (χ1n) is 11.6. The minimum absolute atomic E-state index is 0.173. The van der Waals surface area contributed by atoms with Crippen molar-refractivity contribution in [3.63, 3.8) is 0 Å². The molecule has 1 heterocycles. The molecule has 180 valence electrons. The number of hydrogen-bond donors (Lipinski definition) is 0. The molecular weight excluding hydrogens is 426 g/mol. The molecular formula is C24H33F4NO3. The van der Waals surface area contributed by atoms with E-state index in [0.717, 1.165) is 19.3 Å². The first-order valence-corrected chi connectivity index (χ1v) is 11.6. The van der Waals surface area contributed by atoms with Gasteiger partial charge in [-0.25, -0.2) is 4.39 Å². The van der Waals surface area contributed by atoms with Crippen LogP contribution in [0.3, 0.4) is 0 Å². The Balaban J connectivity index is 1.72. The average molecular weight is 460 g/mol. The first kappa shape index (κ1) is 26.1. The molecule has 0 radical (unpaired) electrons. The molecule has 0 saturated carbocycles. The smallest absolute Gasteiger partial charge is 0.416 e. The van der Waals surface area contributed by atoms with E-state index in [4.69, 9.17) is 4.74 Å². The fraction of sp³-hybridized carbons (Fsp3) is 0.667. The molecule has 32 heavy (non-hydrogen) atoms. The second kappa shape index (κ2) is 12.8. The van der Waals surface area contributed by atoms with Gasteiger partial charge in [-0.05, 0) is 37.5 Å². The minimum atomic E-state index is -4.66. The number of piperidine rings is 1. The van der Waals surface area contributed by atoms with Gasteiger partial charge >= 0.3 is 12.1 Å². The molecule has 0 N–H and O–H groups in total. The molecule has 1 aromatic carbocycles. The first-order chi connectivity index (χ1) is 15.2. The van der Waals surface area contributed by atoms with Crippen molar-refractivity contribution in [3.05, 3.63) is 35.1 Å². The number of nitrogens with zero attached hydrogens (tertiary/aromatic N) is 1. The number of hydrogen-bond acceptors (Lipinski definition) is 3. The van der Waals surface area contributed by atoms with E-state index >= 15 is 0 Å². The lowest BCUT2D eigenvalue weighted by Crippen LogP contribution is -2.41. The number of benzene rings is 1. The zero-order valence-electron chi connectivity index (χ0n) is 18.7. The Labute approximate surface area is 187 Å². The van der Waals surface area contributed by atoms with Crippen LogP contribution >= 0.6 is 0 Å². The van der Waals surface area contributed by atoms with Gasteiger partial charge < -0.3 is 9.64 Å². The number of esters is 1. The van der Waals surface area contributed by atoms with Crippen LogP contribution in [-0.4, -0.2) is 36.5 Å². The van der Waals surface area contributed by atoms with Crippen LogP contribution in [-0.2, 0) is 15.7 Å². The van der Waals surface area contributed by atoms with E-state index in [0.29, 0.717) is 37.6 Å². The summed E-state index contributed by atoms with van der Waals surface area (Å²) in [4.78, 5) is 26.1. The second-order valence-electron chi connectivity index (χ2n) is 8.40. The van der Waals surface area contributed by atoms with Crippen molar-refractivity contribution in [3.8, 4) is 0 Å². The van der Waals surface area contributed by atoms with Gasteiger partial charge in [0.05, 0.1) is 23.7 Å². The molecule has 8 heteroatoms. The number of alkyl halides is 3. The van der Waals surface area contributed by atoms with Gasteiger partial charge in [-0.2, -0.15) is 13.2 Å². The van der Waals surface area contributed by atoms with E-state index in [2.05, 4.69) is 6.92 Å². The highest BCUT2D eigenvalue weighted by Crippen LogP contribution is 2.31. The highest BCUT2D eigenvalue weighted by Gasteiger charge is 2.34. The van der Waals surface area contributed by atoms with Crippen LogP contribution < -0.4 is 0 Å². The Morgan fingerprint density at radius 1 is 1.00 bits per heavy atom. The number of unbranched alkanes of at least 4 members (excludes halogenated alkanes) is 7. The van der Waals surface area contributed by atoms with Gasteiger partial charge in [0.25, 0.3) is 5.91 Å². The number of ether oxygens (including phenoxy) is 1. The zero-order chi connectivity index (χ0) is 23.6. The van der Waals surface area contributed by atoms with Gasteiger partial charge in [0.1, 0.15) is 5.82 Å². The van der Waals surface area contributed by atoms with Crippen LogP contribution in [0.2, 0.25) is 0 Å². The summed E-state index contributed by atoms with van der Waals surface area (Å²) in [6, 6.07) is 1.81. The maximum Gasteiger partial charge on any atom is 0.416 e. The molecule has 1 amide bonds. The van der Waals surface area contributed by atoms with Crippen molar-refractivity contribution in [2.45, 2.75) is 77.3 Å². The molecule has 1 aliphatic rings.